The van der Waals surface area contributed by atoms with Crippen molar-refractivity contribution in [3.8, 4) is 0 Å². The van der Waals surface area contributed by atoms with Crippen LogP contribution in [0.15, 0.2) is 0 Å². The van der Waals surface area contributed by atoms with Crippen LogP contribution in [0.5, 0.6) is 0 Å². The van der Waals surface area contributed by atoms with E-state index in [2.05, 4.69) is 17.1 Å². The van der Waals surface area contributed by atoms with E-state index in [0.29, 0.717) is 6.54 Å². The topological polar surface area (TPSA) is 69.7 Å². The zero-order valence-electron chi connectivity index (χ0n) is 16.5. The number of ketones is 1. The van der Waals surface area contributed by atoms with Crippen LogP contribution < -0.4 is 5.32 Å². The van der Waals surface area contributed by atoms with Crippen molar-refractivity contribution in [1.29, 1.82) is 0 Å². The van der Waals surface area contributed by atoms with Crippen LogP contribution in [-0.4, -0.2) is 66.7 Å². The molecule has 1 aliphatic heterocycles. The summed E-state index contributed by atoms with van der Waals surface area (Å²) >= 11 is 0. The Morgan fingerprint density at radius 3 is 2.28 bits per heavy atom. The highest BCUT2D eigenvalue weighted by molar-refractivity contribution is 5.88. The molecule has 6 nitrogen and oxygen atoms in total. The summed E-state index contributed by atoms with van der Waals surface area (Å²) in [5.74, 6) is 0.265. The van der Waals surface area contributed by atoms with Gasteiger partial charge in [-0.3, -0.25) is 19.3 Å². The van der Waals surface area contributed by atoms with Crippen LogP contribution in [0.4, 0.5) is 0 Å². The molecule has 1 atom stereocenters. The Morgan fingerprint density at radius 2 is 1.80 bits per heavy atom. The minimum atomic E-state index is -0.418. The molecule has 0 aromatic rings. The fraction of sp³-hybridized carbons (Fsp3) is 0.842. The lowest BCUT2D eigenvalue weighted by Crippen LogP contribution is -2.49. The normalized spacial score (nSPS) is 17.4. The monoisotopic (exact) mass is 353 g/mol. The van der Waals surface area contributed by atoms with Crippen molar-refractivity contribution in [3.63, 3.8) is 0 Å². The van der Waals surface area contributed by atoms with Gasteiger partial charge in [-0.2, -0.15) is 0 Å². The molecule has 0 spiro atoms. The molecule has 1 unspecified atom stereocenters. The molecule has 6 heteroatoms. The van der Waals surface area contributed by atoms with Gasteiger partial charge in [-0.25, -0.2) is 0 Å². The maximum Gasteiger partial charge on any atom is 0.234 e. The van der Waals surface area contributed by atoms with Gasteiger partial charge in [0.05, 0.1) is 12.6 Å². The van der Waals surface area contributed by atoms with E-state index in [0.717, 1.165) is 45.3 Å². The van der Waals surface area contributed by atoms with E-state index in [1.54, 1.807) is 0 Å². The van der Waals surface area contributed by atoms with Gasteiger partial charge in [-0.15, -0.1) is 0 Å². The van der Waals surface area contributed by atoms with Crippen molar-refractivity contribution in [2.75, 3.05) is 33.2 Å². The minimum absolute atomic E-state index is 0.0113. The Hall–Kier alpha value is -1.43. The molecule has 0 aromatic heterocycles. The average Bonchev–Trinajstić information content (AvgIpc) is 2.57. The molecule has 0 radical (unpaired) electrons. The summed E-state index contributed by atoms with van der Waals surface area (Å²) in [7, 11) is 1.88. The number of rotatable bonds is 9. The molecule has 2 amide bonds. The number of Topliss-reactive ketones (excluding diaryl/α,β-unsaturated/α-hetero) is 1. The summed E-state index contributed by atoms with van der Waals surface area (Å²) in [4.78, 5) is 40.1. The van der Waals surface area contributed by atoms with E-state index in [9.17, 15) is 14.4 Å². The molecular weight excluding hydrogens is 318 g/mol. The number of carbonyl (C=O) groups excluding carboxylic acids is 3. The first-order valence-corrected chi connectivity index (χ1v) is 9.53. The summed E-state index contributed by atoms with van der Waals surface area (Å²) in [6, 6.07) is -0.418. The van der Waals surface area contributed by atoms with Crippen LogP contribution in [-0.2, 0) is 14.4 Å². The fourth-order valence-corrected chi connectivity index (χ4v) is 3.32. The van der Waals surface area contributed by atoms with Crippen molar-refractivity contribution in [2.24, 2.45) is 11.8 Å². The lowest BCUT2D eigenvalue weighted by molar-refractivity contribution is -0.136. The maximum atomic E-state index is 12.4. The average molecular weight is 354 g/mol. The van der Waals surface area contributed by atoms with Gasteiger partial charge in [0, 0.05) is 19.5 Å². The largest absolute Gasteiger partial charge is 0.346 e. The standard InChI is InChI=1S/C19H35N3O3/c1-6-7-10-21(5)19(25)16-8-11-22(12-9-16)13-17(24)20-18(14(2)3)15(4)23/h14,16,18H,6-13H2,1-5H3,(H,20,24). The zero-order valence-corrected chi connectivity index (χ0v) is 16.5. The van der Waals surface area contributed by atoms with Gasteiger partial charge < -0.3 is 10.2 Å². The summed E-state index contributed by atoms with van der Waals surface area (Å²) in [5.41, 5.74) is 0. The van der Waals surface area contributed by atoms with E-state index >= 15 is 0 Å². The number of nitrogens with one attached hydrogen (secondary N) is 1. The lowest BCUT2D eigenvalue weighted by Gasteiger charge is -2.33. The molecule has 25 heavy (non-hydrogen) atoms. The highest BCUT2D eigenvalue weighted by atomic mass is 16.2. The third kappa shape index (κ3) is 7.14. The van der Waals surface area contributed by atoms with Crippen LogP contribution >= 0.6 is 0 Å². The number of piperidine rings is 1. The number of hydrogen-bond donors (Lipinski definition) is 1. The summed E-state index contributed by atoms with van der Waals surface area (Å²) in [6.07, 6.45) is 3.71. The third-order valence-corrected chi connectivity index (χ3v) is 4.95. The van der Waals surface area contributed by atoms with E-state index in [4.69, 9.17) is 0 Å². The van der Waals surface area contributed by atoms with E-state index in [1.807, 2.05) is 25.8 Å². The summed E-state index contributed by atoms with van der Waals surface area (Å²) in [6.45, 7) is 10.1. The molecule has 0 bridgehead atoms. The van der Waals surface area contributed by atoms with Gasteiger partial charge >= 0.3 is 0 Å². The van der Waals surface area contributed by atoms with Crippen molar-refractivity contribution in [3.05, 3.63) is 0 Å². The Morgan fingerprint density at radius 1 is 1.20 bits per heavy atom. The number of unbranched alkanes of at least 4 members (excludes halogenated alkanes) is 1. The second kappa shape index (κ2) is 10.5. The third-order valence-electron chi connectivity index (χ3n) is 4.95. The fourth-order valence-electron chi connectivity index (χ4n) is 3.32. The molecule has 1 saturated heterocycles. The Bertz CT molecular complexity index is 457. The summed E-state index contributed by atoms with van der Waals surface area (Å²) in [5, 5.41) is 2.83. The van der Waals surface area contributed by atoms with Crippen molar-refractivity contribution in [2.45, 2.75) is 59.4 Å². The predicted octanol–water partition coefficient (Wildman–Crippen LogP) is 1.69. The van der Waals surface area contributed by atoms with E-state index in [1.165, 1.54) is 6.92 Å². The predicted molar refractivity (Wildman–Crippen MR) is 99.2 cm³/mol. The van der Waals surface area contributed by atoms with Gasteiger partial charge in [-0.05, 0) is 45.2 Å². The molecule has 0 aromatic carbocycles. The Balaban J connectivity index is 2.40. The van der Waals surface area contributed by atoms with Crippen LogP contribution in [0.3, 0.4) is 0 Å². The highest BCUT2D eigenvalue weighted by Crippen LogP contribution is 2.19. The van der Waals surface area contributed by atoms with Crippen LogP contribution in [0, 0.1) is 11.8 Å². The van der Waals surface area contributed by atoms with E-state index < -0.39 is 6.04 Å². The van der Waals surface area contributed by atoms with Crippen LogP contribution in [0.1, 0.15) is 53.4 Å². The maximum absolute atomic E-state index is 12.4. The minimum Gasteiger partial charge on any atom is -0.346 e. The molecule has 1 N–H and O–H groups in total. The first-order valence-electron chi connectivity index (χ1n) is 9.53. The number of likely N-dealkylation sites (tertiary alicyclic amines) is 1. The van der Waals surface area contributed by atoms with Crippen molar-refractivity contribution in [1.82, 2.24) is 15.1 Å². The Labute approximate surface area is 152 Å². The number of amides is 2. The molecule has 144 valence electrons. The molecular formula is C19H35N3O3. The first kappa shape index (κ1) is 21.6. The van der Waals surface area contributed by atoms with Crippen molar-refractivity contribution >= 4 is 17.6 Å². The van der Waals surface area contributed by atoms with Crippen LogP contribution in [0.2, 0.25) is 0 Å². The van der Waals surface area contributed by atoms with Gasteiger partial charge in [0.2, 0.25) is 11.8 Å². The van der Waals surface area contributed by atoms with Gasteiger partial charge in [0.15, 0.2) is 5.78 Å². The number of hydrogen-bond acceptors (Lipinski definition) is 4. The first-order chi connectivity index (χ1) is 11.8. The molecule has 0 saturated carbocycles. The molecule has 1 heterocycles. The molecule has 1 rings (SSSR count). The van der Waals surface area contributed by atoms with Gasteiger partial charge in [-0.1, -0.05) is 27.2 Å². The molecule has 1 fully saturated rings. The van der Waals surface area contributed by atoms with Gasteiger partial charge in [0.1, 0.15) is 0 Å². The molecule has 1 aliphatic rings. The van der Waals surface area contributed by atoms with E-state index in [-0.39, 0.29) is 29.4 Å². The second-order valence-electron chi connectivity index (χ2n) is 7.56. The summed E-state index contributed by atoms with van der Waals surface area (Å²) < 4.78 is 0. The van der Waals surface area contributed by atoms with Gasteiger partial charge in [0.25, 0.3) is 0 Å². The second-order valence-corrected chi connectivity index (χ2v) is 7.56. The SMILES string of the molecule is CCCCN(C)C(=O)C1CCN(CC(=O)NC(C(C)=O)C(C)C)CC1. The lowest BCUT2D eigenvalue weighted by atomic mass is 9.95. The smallest absolute Gasteiger partial charge is 0.234 e. The molecule has 0 aliphatic carbocycles. The quantitative estimate of drug-likeness (QED) is 0.685. The Kier molecular flexibility index (Phi) is 9.11. The number of carbonyl (C=O) groups is 3. The van der Waals surface area contributed by atoms with Crippen LogP contribution in [0.25, 0.3) is 0 Å². The van der Waals surface area contributed by atoms with Crippen molar-refractivity contribution < 1.29 is 14.4 Å². The highest BCUT2D eigenvalue weighted by Gasteiger charge is 2.28. The zero-order chi connectivity index (χ0) is 19.0. The number of nitrogens with zero attached hydrogens (tertiary/aromatic N) is 2.